The van der Waals surface area contributed by atoms with Crippen LogP contribution in [0.2, 0.25) is 0 Å². The summed E-state index contributed by atoms with van der Waals surface area (Å²) in [5.41, 5.74) is 0.603. The lowest BCUT2D eigenvalue weighted by Crippen LogP contribution is -2.46. The van der Waals surface area contributed by atoms with E-state index in [0.717, 1.165) is 36.7 Å². The number of halogens is 1. The monoisotopic (exact) mass is 283 g/mol. The average molecular weight is 284 g/mol. The molecule has 1 heterocycles. The fraction of sp³-hybridized carbons (Fsp3) is 0.938. The van der Waals surface area contributed by atoms with Gasteiger partial charge in [0.15, 0.2) is 5.90 Å². The Morgan fingerprint density at radius 2 is 1.58 bits per heavy atom. The molecule has 4 bridgehead atoms. The molecular formula is C16H26ClNO. The zero-order chi connectivity index (χ0) is 12.4. The van der Waals surface area contributed by atoms with Gasteiger partial charge in [0, 0.05) is 6.42 Å². The zero-order valence-electron chi connectivity index (χ0n) is 12.2. The molecule has 0 radical (unpaired) electrons. The molecule has 4 fully saturated rings. The molecule has 2 nitrogen and oxygen atoms in total. The van der Waals surface area contributed by atoms with Gasteiger partial charge in [-0.05, 0) is 75.5 Å². The van der Waals surface area contributed by atoms with Crippen molar-refractivity contribution in [2.24, 2.45) is 28.2 Å². The Morgan fingerprint density at radius 1 is 1.05 bits per heavy atom. The van der Waals surface area contributed by atoms with Crippen molar-refractivity contribution in [3.63, 3.8) is 0 Å². The summed E-state index contributed by atoms with van der Waals surface area (Å²) in [4.78, 5) is 4.79. The summed E-state index contributed by atoms with van der Waals surface area (Å²) in [6.07, 6.45) is 10.1. The molecule has 1 aliphatic heterocycles. The van der Waals surface area contributed by atoms with Crippen molar-refractivity contribution in [2.75, 3.05) is 6.61 Å². The van der Waals surface area contributed by atoms with E-state index < -0.39 is 0 Å². The van der Waals surface area contributed by atoms with Crippen molar-refractivity contribution in [1.82, 2.24) is 0 Å². The summed E-state index contributed by atoms with van der Waals surface area (Å²) in [7, 11) is 0. The molecule has 0 aromatic rings. The Bertz CT molecular complexity index is 366. The molecule has 0 spiro atoms. The van der Waals surface area contributed by atoms with Gasteiger partial charge in [-0.15, -0.1) is 12.4 Å². The van der Waals surface area contributed by atoms with Gasteiger partial charge in [0.2, 0.25) is 0 Å². The minimum absolute atomic E-state index is 0. The fourth-order valence-electron chi connectivity index (χ4n) is 5.58. The summed E-state index contributed by atoms with van der Waals surface area (Å²) in [5.74, 6) is 4.17. The normalized spacial score (nSPS) is 45.6. The lowest BCUT2D eigenvalue weighted by atomic mass is 9.49. The Hall–Kier alpha value is -0.240. The maximum absolute atomic E-state index is 5.86. The Morgan fingerprint density at radius 3 is 2.00 bits per heavy atom. The van der Waals surface area contributed by atoms with E-state index in [1.807, 2.05) is 0 Å². The maximum Gasteiger partial charge on any atom is 0.184 e. The molecule has 4 aliphatic carbocycles. The highest BCUT2D eigenvalue weighted by Gasteiger charge is 2.51. The van der Waals surface area contributed by atoms with Gasteiger partial charge in [-0.25, -0.2) is 4.99 Å². The van der Waals surface area contributed by atoms with Crippen LogP contribution < -0.4 is 0 Å². The quantitative estimate of drug-likeness (QED) is 0.743. The SMILES string of the molecule is CC1(C)COC(CC23CC4CC(CC(C4)C2)C3)=N1.Cl. The van der Waals surface area contributed by atoms with Crippen LogP contribution in [0.4, 0.5) is 0 Å². The molecule has 0 saturated heterocycles. The van der Waals surface area contributed by atoms with E-state index in [4.69, 9.17) is 9.73 Å². The van der Waals surface area contributed by atoms with Crippen molar-refractivity contribution in [2.45, 2.75) is 64.3 Å². The molecule has 0 N–H and O–H groups in total. The van der Waals surface area contributed by atoms with Crippen molar-refractivity contribution in [3.8, 4) is 0 Å². The molecule has 0 amide bonds. The molecule has 0 aromatic carbocycles. The molecular weight excluding hydrogens is 258 g/mol. The van der Waals surface area contributed by atoms with Crippen LogP contribution in [0, 0.1) is 23.2 Å². The first kappa shape index (κ1) is 13.7. The van der Waals surface area contributed by atoms with Crippen molar-refractivity contribution in [1.29, 1.82) is 0 Å². The van der Waals surface area contributed by atoms with Crippen LogP contribution in [-0.2, 0) is 4.74 Å². The van der Waals surface area contributed by atoms with Gasteiger partial charge in [-0.3, -0.25) is 0 Å². The van der Waals surface area contributed by atoms with Gasteiger partial charge in [-0.1, -0.05) is 0 Å². The van der Waals surface area contributed by atoms with Crippen molar-refractivity contribution in [3.05, 3.63) is 0 Å². The predicted octanol–water partition coefficient (Wildman–Crippen LogP) is 4.22. The lowest BCUT2D eigenvalue weighted by molar-refractivity contribution is -0.0502. The third-order valence-electron chi connectivity index (χ3n) is 5.71. The topological polar surface area (TPSA) is 21.6 Å². The highest BCUT2D eigenvalue weighted by Crippen LogP contribution is 2.61. The zero-order valence-corrected chi connectivity index (χ0v) is 13.0. The smallest absolute Gasteiger partial charge is 0.184 e. The highest BCUT2D eigenvalue weighted by molar-refractivity contribution is 5.85. The Labute approximate surface area is 122 Å². The van der Waals surface area contributed by atoms with Gasteiger partial charge in [0.25, 0.3) is 0 Å². The van der Waals surface area contributed by atoms with Gasteiger partial charge >= 0.3 is 0 Å². The van der Waals surface area contributed by atoms with E-state index in [9.17, 15) is 0 Å². The third-order valence-corrected chi connectivity index (χ3v) is 5.71. The van der Waals surface area contributed by atoms with E-state index in [0.29, 0.717) is 5.41 Å². The van der Waals surface area contributed by atoms with Crippen LogP contribution in [0.1, 0.15) is 58.8 Å². The van der Waals surface area contributed by atoms with Crippen LogP contribution in [0.5, 0.6) is 0 Å². The second-order valence-corrected chi connectivity index (χ2v) is 8.20. The molecule has 5 rings (SSSR count). The first-order valence-corrected chi connectivity index (χ1v) is 7.74. The number of hydrogen-bond acceptors (Lipinski definition) is 2. The highest BCUT2D eigenvalue weighted by atomic mass is 35.5. The number of ether oxygens (including phenoxy) is 1. The summed E-state index contributed by atoms with van der Waals surface area (Å²) in [6.45, 7) is 5.15. The Kier molecular flexibility index (Phi) is 3.16. The van der Waals surface area contributed by atoms with E-state index >= 15 is 0 Å². The summed E-state index contributed by atoms with van der Waals surface area (Å²) in [6, 6.07) is 0. The van der Waals surface area contributed by atoms with Crippen LogP contribution in [-0.4, -0.2) is 18.0 Å². The maximum atomic E-state index is 5.86. The van der Waals surface area contributed by atoms with Crippen LogP contribution in [0.15, 0.2) is 4.99 Å². The second-order valence-electron chi connectivity index (χ2n) is 8.20. The first-order valence-electron chi connectivity index (χ1n) is 7.74. The van der Waals surface area contributed by atoms with E-state index in [1.54, 1.807) is 0 Å². The third kappa shape index (κ3) is 2.41. The number of aliphatic imine (C=N–C) groups is 1. The van der Waals surface area contributed by atoms with Crippen LogP contribution in [0.25, 0.3) is 0 Å². The largest absolute Gasteiger partial charge is 0.478 e. The molecule has 19 heavy (non-hydrogen) atoms. The fourth-order valence-corrected chi connectivity index (χ4v) is 5.58. The van der Waals surface area contributed by atoms with Gasteiger partial charge < -0.3 is 4.74 Å². The average Bonchev–Trinajstić information content (AvgIpc) is 2.54. The van der Waals surface area contributed by atoms with Gasteiger partial charge in [0.05, 0.1) is 5.54 Å². The first-order chi connectivity index (χ1) is 8.52. The number of rotatable bonds is 2. The van der Waals surface area contributed by atoms with Crippen LogP contribution >= 0.6 is 12.4 Å². The van der Waals surface area contributed by atoms with Gasteiger partial charge in [-0.2, -0.15) is 0 Å². The molecule has 0 unspecified atom stereocenters. The molecule has 4 saturated carbocycles. The standard InChI is InChI=1S/C16H25NO.ClH/c1-15(2)10-18-14(17-15)9-16-6-11-3-12(7-16)5-13(4-11)8-16;/h11-13H,3-10H2,1-2H3;1H. The van der Waals surface area contributed by atoms with Gasteiger partial charge in [0.1, 0.15) is 6.61 Å². The molecule has 0 atom stereocenters. The molecule has 3 heteroatoms. The minimum Gasteiger partial charge on any atom is -0.478 e. The van der Waals surface area contributed by atoms with E-state index in [-0.39, 0.29) is 17.9 Å². The minimum atomic E-state index is 0. The number of hydrogen-bond donors (Lipinski definition) is 0. The second kappa shape index (κ2) is 4.38. The summed E-state index contributed by atoms with van der Waals surface area (Å²) < 4.78 is 5.86. The van der Waals surface area contributed by atoms with Crippen molar-refractivity contribution >= 4 is 18.3 Å². The molecule has 0 aromatic heterocycles. The lowest BCUT2D eigenvalue weighted by Gasteiger charge is -2.56. The number of nitrogens with zero attached hydrogens (tertiary/aromatic N) is 1. The summed E-state index contributed by atoms with van der Waals surface area (Å²) >= 11 is 0. The Balaban J connectivity index is 0.00000110. The van der Waals surface area contributed by atoms with Crippen molar-refractivity contribution < 1.29 is 4.74 Å². The predicted molar refractivity (Wildman–Crippen MR) is 79.9 cm³/mol. The molecule has 108 valence electrons. The van der Waals surface area contributed by atoms with E-state index in [1.165, 1.54) is 38.5 Å². The molecule has 5 aliphatic rings. The van der Waals surface area contributed by atoms with Crippen LogP contribution in [0.3, 0.4) is 0 Å². The van der Waals surface area contributed by atoms with E-state index in [2.05, 4.69) is 13.8 Å². The summed E-state index contributed by atoms with van der Waals surface area (Å²) in [5, 5.41) is 0.